The van der Waals surface area contributed by atoms with Crippen molar-refractivity contribution in [1.82, 2.24) is 13.5 Å². The first-order valence-corrected chi connectivity index (χ1v) is 9.54. The molecular weight excluding hydrogens is 438 g/mol. The van der Waals surface area contributed by atoms with Crippen LogP contribution in [0.2, 0.25) is 0 Å². The zero-order valence-corrected chi connectivity index (χ0v) is 16.8. The van der Waals surface area contributed by atoms with E-state index in [1.807, 2.05) is 0 Å². The summed E-state index contributed by atoms with van der Waals surface area (Å²) in [5.74, 6) is -1.31. The van der Waals surface area contributed by atoms with Crippen molar-refractivity contribution < 1.29 is 22.7 Å². The minimum Gasteiger partial charge on any atom is -0.292 e. The summed E-state index contributed by atoms with van der Waals surface area (Å²) in [5.41, 5.74) is -3.48. The molecule has 0 aliphatic carbocycles. The van der Waals surface area contributed by atoms with Gasteiger partial charge in [0.25, 0.3) is 5.56 Å². The van der Waals surface area contributed by atoms with Gasteiger partial charge in [-0.1, -0.05) is 6.07 Å². The van der Waals surface area contributed by atoms with Gasteiger partial charge in [0.2, 0.25) is 0 Å². The second-order valence-electron chi connectivity index (χ2n) is 6.87. The number of benzene rings is 2. The highest BCUT2D eigenvalue weighted by atomic mass is 32.1. The van der Waals surface area contributed by atoms with Crippen molar-refractivity contribution in [3.8, 4) is 22.7 Å². The molecule has 0 unspecified atom stereocenters. The van der Waals surface area contributed by atoms with Gasteiger partial charge in [-0.05, 0) is 48.3 Å². The van der Waals surface area contributed by atoms with Crippen molar-refractivity contribution in [2.45, 2.75) is 13.1 Å². The molecule has 2 aromatic carbocycles. The maximum absolute atomic E-state index is 14.8. The minimum atomic E-state index is -4.94. The highest BCUT2D eigenvalue weighted by Crippen LogP contribution is 2.38. The fourth-order valence-corrected chi connectivity index (χ4v) is 4.05. The summed E-state index contributed by atoms with van der Waals surface area (Å²) < 4.78 is 59.1. The fourth-order valence-electron chi connectivity index (χ4n) is 3.26. The van der Waals surface area contributed by atoms with E-state index in [-0.39, 0.29) is 33.0 Å². The van der Waals surface area contributed by atoms with Crippen LogP contribution in [0, 0.1) is 12.7 Å². The van der Waals surface area contributed by atoms with Crippen LogP contribution in [0.1, 0.15) is 11.3 Å². The highest BCUT2D eigenvalue weighted by Gasteiger charge is 2.35. The Bertz CT molecular complexity index is 1470. The number of alkyl halides is 3. The molecule has 159 valence electrons. The number of nitrogens with zero attached hydrogens (tertiary/aromatic N) is 3. The van der Waals surface area contributed by atoms with E-state index in [2.05, 4.69) is 4.37 Å². The number of hydrogen-bond acceptors (Lipinski definition) is 4. The summed E-state index contributed by atoms with van der Waals surface area (Å²) in [6.07, 6.45) is -4.94. The van der Waals surface area contributed by atoms with Gasteiger partial charge in [-0.25, -0.2) is 13.8 Å². The molecule has 31 heavy (non-hydrogen) atoms. The van der Waals surface area contributed by atoms with Gasteiger partial charge in [-0.15, -0.1) is 0 Å². The molecule has 0 aliphatic heterocycles. The Labute approximate surface area is 175 Å². The third kappa shape index (κ3) is 3.40. The molecule has 0 amide bonds. The Kier molecular flexibility index (Phi) is 4.73. The third-order valence-corrected chi connectivity index (χ3v) is 5.59. The molecule has 2 aromatic heterocycles. The quantitative estimate of drug-likeness (QED) is 0.424. The van der Waals surface area contributed by atoms with Crippen LogP contribution in [0.5, 0.6) is 5.75 Å². The smallest absolute Gasteiger partial charge is 0.292 e. The second-order valence-corrected chi connectivity index (χ2v) is 7.68. The number of hydrogen-bond donors (Lipinski definition) is 0. The molecule has 4 aromatic rings. The van der Waals surface area contributed by atoms with E-state index in [4.69, 9.17) is 0 Å². The number of rotatable bonds is 2. The number of halogens is 4. The first-order chi connectivity index (χ1) is 14.5. The molecule has 0 atom stereocenters. The Hall–Kier alpha value is -3.47. The Morgan fingerprint density at radius 3 is 2.42 bits per heavy atom. The lowest BCUT2D eigenvalue weighted by Gasteiger charge is -2.14. The summed E-state index contributed by atoms with van der Waals surface area (Å²) in [6, 6.07) is 7.04. The zero-order valence-electron chi connectivity index (χ0n) is 16.0. The normalized spacial score (nSPS) is 11.9. The third-order valence-electron chi connectivity index (χ3n) is 4.78. The first kappa shape index (κ1) is 20.8. The molecule has 1 radical (unpaired) electrons. The number of aromatic nitrogens is 3. The van der Waals surface area contributed by atoms with Gasteiger partial charge in [0.1, 0.15) is 11.5 Å². The molecule has 0 fully saturated rings. The highest BCUT2D eigenvalue weighted by molar-refractivity contribution is 7.13. The lowest BCUT2D eigenvalue weighted by Crippen LogP contribution is -2.41. The molecule has 0 saturated heterocycles. The average Bonchev–Trinajstić information content (AvgIpc) is 3.06. The minimum absolute atomic E-state index is 0.225. The zero-order chi connectivity index (χ0) is 22.7. The van der Waals surface area contributed by atoms with Crippen molar-refractivity contribution in [2.75, 3.05) is 0 Å². The van der Waals surface area contributed by atoms with E-state index < -0.39 is 34.6 Å². The van der Waals surface area contributed by atoms with Crippen molar-refractivity contribution >= 4 is 21.6 Å². The van der Waals surface area contributed by atoms with Gasteiger partial charge in [-0.3, -0.25) is 14.5 Å². The Morgan fingerprint density at radius 1 is 1.06 bits per heavy atom. The molecule has 0 aliphatic rings. The largest absolute Gasteiger partial charge is 0.431 e. The fraction of sp³-hybridized carbons (Fsp3) is 0.150. The van der Waals surface area contributed by atoms with Gasteiger partial charge in [0.15, 0.2) is 5.75 Å². The van der Waals surface area contributed by atoms with Crippen LogP contribution in [-0.2, 0) is 18.3 Å². The first-order valence-electron chi connectivity index (χ1n) is 8.76. The number of fused-ring (bicyclic) bond motifs is 1. The van der Waals surface area contributed by atoms with Gasteiger partial charge in [0.05, 0.1) is 16.1 Å². The summed E-state index contributed by atoms with van der Waals surface area (Å²) in [6.45, 7) is 1.74. The Balaban J connectivity index is 2.00. The standard InChI is InChI=1S/C20H12F4N3O3S/c1-9-3-4-10(14(28)5-9)18-11-6-13(12(21)7-15(11)31-25-18)27-17(29)8-16(20(22,23)24)26(2)19(27)30/h3-8H,1-2H3. The van der Waals surface area contributed by atoms with Crippen LogP contribution in [0.25, 0.3) is 27.0 Å². The SMILES string of the molecule is Cc1ccc(-c2nsc3cc(F)c(-n4c(=O)cc(C(F)(F)F)n(C)c4=O)cc23)c([O])c1. The lowest BCUT2D eigenvalue weighted by atomic mass is 10.0. The van der Waals surface area contributed by atoms with Gasteiger partial charge in [-0.2, -0.15) is 17.5 Å². The van der Waals surface area contributed by atoms with Crippen molar-refractivity contribution in [3.05, 3.63) is 74.3 Å². The molecular formula is C20H12F4N3O3S. The monoisotopic (exact) mass is 450 g/mol. The summed E-state index contributed by atoms with van der Waals surface area (Å²) >= 11 is 0.909. The van der Waals surface area contributed by atoms with Crippen LogP contribution in [0.4, 0.5) is 17.6 Å². The van der Waals surface area contributed by atoms with Gasteiger partial charge < -0.3 is 0 Å². The summed E-state index contributed by atoms with van der Waals surface area (Å²) in [4.78, 5) is 24.9. The van der Waals surface area contributed by atoms with E-state index >= 15 is 0 Å². The predicted molar refractivity (Wildman–Crippen MR) is 106 cm³/mol. The molecule has 6 nitrogen and oxygen atoms in total. The maximum Gasteiger partial charge on any atom is 0.431 e. The van der Waals surface area contributed by atoms with E-state index in [0.29, 0.717) is 9.27 Å². The van der Waals surface area contributed by atoms with Crippen molar-refractivity contribution in [3.63, 3.8) is 0 Å². The summed E-state index contributed by atoms with van der Waals surface area (Å²) in [5, 5.41) is 12.7. The molecule has 0 spiro atoms. The van der Waals surface area contributed by atoms with Crippen LogP contribution < -0.4 is 11.2 Å². The molecule has 0 bridgehead atoms. The van der Waals surface area contributed by atoms with Crippen molar-refractivity contribution in [1.29, 1.82) is 0 Å². The predicted octanol–water partition coefficient (Wildman–Crippen LogP) is 4.42. The lowest BCUT2D eigenvalue weighted by molar-refractivity contribution is -0.144. The van der Waals surface area contributed by atoms with Gasteiger partial charge >= 0.3 is 11.9 Å². The van der Waals surface area contributed by atoms with E-state index in [1.165, 1.54) is 6.07 Å². The second kappa shape index (κ2) is 7.05. The van der Waals surface area contributed by atoms with E-state index in [0.717, 1.165) is 36.3 Å². The molecule has 0 saturated carbocycles. The van der Waals surface area contributed by atoms with Crippen LogP contribution in [0.15, 0.2) is 46.0 Å². The molecule has 2 heterocycles. The van der Waals surface area contributed by atoms with Crippen LogP contribution in [0.3, 0.4) is 0 Å². The molecule has 0 N–H and O–H groups in total. The van der Waals surface area contributed by atoms with Gasteiger partial charge in [0, 0.05) is 24.1 Å². The topological polar surface area (TPSA) is 76.8 Å². The van der Waals surface area contributed by atoms with E-state index in [9.17, 15) is 32.3 Å². The van der Waals surface area contributed by atoms with Crippen LogP contribution >= 0.6 is 11.5 Å². The van der Waals surface area contributed by atoms with E-state index in [1.54, 1.807) is 19.1 Å². The molecule has 4 rings (SSSR count). The Morgan fingerprint density at radius 2 is 1.77 bits per heavy atom. The molecule has 11 heteroatoms. The number of aryl methyl sites for hydroxylation is 1. The maximum atomic E-state index is 14.8. The van der Waals surface area contributed by atoms with Crippen LogP contribution in [-0.4, -0.2) is 13.5 Å². The average molecular weight is 450 g/mol. The summed E-state index contributed by atoms with van der Waals surface area (Å²) in [7, 11) is 0.838. The van der Waals surface area contributed by atoms with Crippen molar-refractivity contribution in [2.24, 2.45) is 7.05 Å².